The van der Waals surface area contributed by atoms with Crippen molar-refractivity contribution in [2.24, 2.45) is 0 Å². The van der Waals surface area contributed by atoms with Gasteiger partial charge in [-0.05, 0) is 0 Å². The summed E-state index contributed by atoms with van der Waals surface area (Å²) in [5.41, 5.74) is -0.314. The molecule has 84 valence electrons. The van der Waals surface area contributed by atoms with Gasteiger partial charge in [0.1, 0.15) is 0 Å². The van der Waals surface area contributed by atoms with Gasteiger partial charge >= 0.3 is 5.97 Å². The molecule has 2 rings (SSSR count). The van der Waals surface area contributed by atoms with E-state index in [2.05, 4.69) is 10.1 Å². The first-order chi connectivity index (χ1) is 7.39. The molecule has 0 unspecified atom stereocenters. The number of carbonyl (C=O) groups is 1. The van der Waals surface area contributed by atoms with Crippen molar-refractivity contribution in [3.63, 3.8) is 0 Å². The molecule has 0 radical (unpaired) electrons. The largest absolute Gasteiger partial charge is 0.477 e. The third-order valence-corrected chi connectivity index (χ3v) is 3.06. The molecule has 7 nitrogen and oxygen atoms in total. The predicted octanol–water partition coefficient (Wildman–Crippen LogP) is 0.355. The fraction of sp³-hybridized carbons (Fsp3) is 0. The van der Waals surface area contributed by atoms with Crippen LogP contribution in [0.2, 0.25) is 0 Å². The molecular weight excluding hydrogens is 258 g/mol. The Balaban J connectivity index is 2.89. The van der Waals surface area contributed by atoms with Crippen LogP contribution >= 0.6 is 10.7 Å². The van der Waals surface area contributed by atoms with Gasteiger partial charge in [0.15, 0.2) is 16.4 Å². The van der Waals surface area contributed by atoms with Gasteiger partial charge < -0.3 is 5.11 Å². The van der Waals surface area contributed by atoms with Crippen molar-refractivity contribution in [1.82, 2.24) is 14.6 Å². The van der Waals surface area contributed by atoms with Crippen LogP contribution in [-0.2, 0) is 9.05 Å². The number of carboxylic acid groups (broad SMARTS) is 1. The molecule has 0 amide bonds. The van der Waals surface area contributed by atoms with Crippen molar-refractivity contribution in [2.75, 3.05) is 0 Å². The Hall–Kier alpha value is -1.67. The van der Waals surface area contributed by atoms with Crippen molar-refractivity contribution in [3.8, 4) is 0 Å². The van der Waals surface area contributed by atoms with E-state index in [1.54, 1.807) is 0 Å². The van der Waals surface area contributed by atoms with Crippen LogP contribution in [0.1, 0.15) is 10.5 Å². The summed E-state index contributed by atoms with van der Waals surface area (Å²) in [7, 11) is 1.08. The van der Waals surface area contributed by atoms with Gasteiger partial charge in [-0.25, -0.2) is 22.7 Å². The topological polar surface area (TPSA) is 102 Å². The van der Waals surface area contributed by atoms with E-state index >= 15 is 0 Å². The molecule has 0 aliphatic heterocycles. The van der Waals surface area contributed by atoms with Gasteiger partial charge in [-0.1, -0.05) is 0 Å². The number of fused-ring (bicyclic) bond motifs is 1. The lowest BCUT2D eigenvalue weighted by atomic mass is 10.4. The third kappa shape index (κ3) is 1.72. The van der Waals surface area contributed by atoms with Gasteiger partial charge in [0.25, 0.3) is 9.05 Å². The fourth-order valence-corrected chi connectivity index (χ4v) is 2.10. The molecule has 0 fully saturated rings. The molecule has 0 saturated heterocycles. The number of hydrogen-bond acceptors (Lipinski definition) is 5. The fourth-order valence-electron chi connectivity index (χ4n) is 1.17. The van der Waals surface area contributed by atoms with Crippen LogP contribution in [-0.4, -0.2) is 34.1 Å². The predicted molar refractivity (Wildman–Crippen MR) is 53.0 cm³/mol. The highest BCUT2D eigenvalue weighted by atomic mass is 35.7. The van der Waals surface area contributed by atoms with Crippen LogP contribution < -0.4 is 0 Å². The first-order valence-corrected chi connectivity index (χ1v) is 6.23. The molecule has 9 heteroatoms. The highest BCUT2D eigenvalue weighted by molar-refractivity contribution is 8.13. The Labute approximate surface area is 93.7 Å². The minimum absolute atomic E-state index is 0.0964. The molecular formula is C7H4ClN3O4S. The summed E-state index contributed by atoms with van der Waals surface area (Å²) >= 11 is 0. The lowest BCUT2D eigenvalue weighted by Gasteiger charge is -2.01. The van der Waals surface area contributed by atoms with Crippen LogP contribution in [0.15, 0.2) is 23.4 Å². The van der Waals surface area contributed by atoms with Crippen LogP contribution in [0.25, 0.3) is 5.65 Å². The maximum absolute atomic E-state index is 11.2. The van der Waals surface area contributed by atoms with Gasteiger partial charge in [-0.2, -0.15) is 5.10 Å². The minimum Gasteiger partial charge on any atom is -0.477 e. The molecule has 0 aliphatic carbocycles. The molecule has 0 aliphatic rings. The molecule has 0 bridgehead atoms. The van der Waals surface area contributed by atoms with E-state index in [1.165, 1.54) is 12.3 Å². The van der Waals surface area contributed by atoms with Crippen molar-refractivity contribution >= 4 is 31.3 Å². The average molecular weight is 262 g/mol. The van der Waals surface area contributed by atoms with Crippen LogP contribution in [0, 0.1) is 0 Å². The van der Waals surface area contributed by atoms with E-state index in [4.69, 9.17) is 15.8 Å². The van der Waals surface area contributed by atoms with Gasteiger partial charge in [-0.15, -0.1) is 0 Å². The Morgan fingerprint density at radius 1 is 1.50 bits per heavy atom. The Morgan fingerprint density at radius 3 is 2.75 bits per heavy atom. The lowest BCUT2D eigenvalue weighted by molar-refractivity contribution is 0.0690. The number of nitrogens with zero attached hydrogens (tertiary/aromatic N) is 3. The van der Waals surface area contributed by atoms with E-state index < -0.39 is 25.7 Å². The van der Waals surface area contributed by atoms with Crippen molar-refractivity contribution in [1.29, 1.82) is 0 Å². The molecule has 0 atom stereocenters. The lowest BCUT2D eigenvalue weighted by Crippen LogP contribution is -2.09. The molecule has 2 heterocycles. The second-order valence-electron chi connectivity index (χ2n) is 2.82. The first-order valence-electron chi connectivity index (χ1n) is 3.92. The Morgan fingerprint density at radius 2 is 2.19 bits per heavy atom. The number of aromatic nitrogens is 3. The quantitative estimate of drug-likeness (QED) is 0.618. The zero-order valence-electron chi connectivity index (χ0n) is 7.53. The summed E-state index contributed by atoms with van der Waals surface area (Å²) in [6.07, 6.45) is 1.29. The highest BCUT2D eigenvalue weighted by Gasteiger charge is 2.19. The number of carboxylic acids is 1. The van der Waals surface area contributed by atoms with Crippen LogP contribution in [0.3, 0.4) is 0 Å². The minimum atomic E-state index is -4.09. The Kier molecular flexibility index (Phi) is 2.32. The molecule has 0 spiro atoms. The van der Waals surface area contributed by atoms with E-state index in [9.17, 15) is 13.2 Å². The summed E-state index contributed by atoms with van der Waals surface area (Å²) in [6, 6.07) is 2.22. The Bertz CT molecular complexity index is 678. The number of rotatable bonds is 2. The molecule has 1 N–H and O–H groups in total. The third-order valence-electron chi connectivity index (χ3n) is 1.80. The van der Waals surface area contributed by atoms with E-state index in [1.807, 2.05) is 0 Å². The SMILES string of the molecule is O=C(O)c1cc(S(=O)(=O)Cl)n2nccc2n1. The highest BCUT2D eigenvalue weighted by Crippen LogP contribution is 2.16. The monoisotopic (exact) mass is 261 g/mol. The normalized spacial score (nSPS) is 11.8. The van der Waals surface area contributed by atoms with Crippen molar-refractivity contribution in [2.45, 2.75) is 5.03 Å². The van der Waals surface area contributed by atoms with Gasteiger partial charge in [0, 0.05) is 22.8 Å². The van der Waals surface area contributed by atoms with Gasteiger partial charge in [0.2, 0.25) is 0 Å². The zero-order chi connectivity index (χ0) is 11.9. The summed E-state index contributed by atoms with van der Waals surface area (Å²) in [4.78, 5) is 14.4. The number of hydrogen-bond donors (Lipinski definition) is 1. The summed E-state index contributed by atoms with van der Waals surface area (Å²) < 4.78 is 23.4. The molecule has 0 aromatic carbocycles. The van der Waals surface area contributed by atoms with Gasteiger partial charge in [-0.3, -0.25) is 0 Å². The first kappa shape index (κ1) is 10.8. The molecule has 2 aromatic rings. The summed E-state index contributed by atoms with van der Waals surface area (Å²) in [6.45, 7) is 0. The van der Waals surface area contributed by atoms with Gasteiger partial charge in [0.05, 0.1) is 6.20 Å². The average Bonchev–Trinajstić information content (AvgIpc) is 2.61. The van der Waals surface area contributed by atoms with Crippen molar-refractivity contribution in [3.05, 3.63) is 24.0 Å². The molecule has 16 heavy (non-hydrogen) atoms. The van der Waals surface area contributed by atoms with Crippen LogP contribution in [0.5, 0.6) is 0 Å². The van der Waals surface area contributed by atoms with E-state index in [-0.39, 0.29) is 5.65 Å². The maximum atomic E-state index is 11.2. The molecule has 2 aromatic heterocycles. The summed E-state index contributed by atoms with van der Waals surface area (Å²) in [5.74, 6) is -1.34. The maximum Gasteiger partial charge on any atom is 0.354 e. The zero-order valence-corrected chi connectivity index (χ0v) is 9.10. The van der Waals surface area contributed by atoms with Crippen LogP contribution in [0.4, 0.5) is 0 Å². The van der Waals surface area contributed by atoms with Crippen molar-refractivity contribution < 1.29 is 18.3 Å². The van der Waals surface area contributed by atoms with E-state index in [0.29, 0.717) is 0 Å². The second-order valence-corrected chi connectivity index (χ2v) is 5.34. The second kappa shape index (κ2) is 3.42. The molecule has 0 saturated carbocycles. The smallest absolute Gasteiger partial charge is 0.354 e. The summed E-state index contributed by atoms with van der Waals surface area (Å²) in [5, 5.41) is 12.0. The standard InChI is InChI=1S/C7H4ClN3O4S/c8-16(14,15)6-3-4(7(12)13)10-5-1-2-9-11(5)6/h1-3H,(H,12,13). The number of halogens is 1. The number of aromatic carboxylic acids is 1. The van der Waals surface area contributed by atoms with E-state index in [0.717, 1.165) is 10.6 Å².